The molecule has 0 bridgehead atoms. The topological polar surface area (TPSA) is 35.2 Å². The minimum atomic E-state index is 0.158. The molecule has 17 heavy (non-hydrogen) atoms. The SMILES string of the molecule is CCc1cccc(C(N)CCC2CCCO2)c1. The Balaban J connectivity index is 1.87. The van der Waals surface area contributed by atoms with Crippen LogP contribution in [0.4, 0.5) is 0 Å². The summed E-state index contributed by atoms with van der Waals surface area (Å²) in [4.78, 5) is 0. The molecule has 0 spiro atoms. The highest BCUT2D eigenvalue weighted by atomic mass is 16.5. The highest BCUT2D eigenvalue weighted by Crippen LogP contribution is 2.23. The minimum Gasteiger partial charge on any atom is -0.378 e. The monoisotopic (exact) mass is 233 g/mol. The zero-order valence-electron chi connectivity index (χ0n) is 10.7. The number of benzene rings is 1. The van der Waals surface area contributed by atoms with Crippen molar-refractivity contribution in [3.63, 3.8) is 0 Å². The first-order valence-corrected chi connectivity index (χ1v) is 6.75. The first-order valence-electron chi connectivity index (χ1n) is 6.75. The molecule has 1 aromatic rings. The molecule has 1 saturated heterocycles. The molecule has 1 aliphatic rings. The summed E-state index contributed by atoms with van der Waals surface area (Å²) in [5.41, 5.74) is 8.88. The van der Waals surface area contributed by atoms with Gasteiger partial charge in [0.1, 0.15) is 0 Å². The summed E-state index contributed by atoms with van der Waals surface area (Å²) in [6.07, 6.45) is 6.07. The smallest absolute Gasteiger partial charge is 0.0576 e. The molecular formula is C15H23NO. The van der Waals surface area contributed by atoms with Gasteiger partial charge in [-0.05, 0) is 43.2 Å². The highest BCUT2D eigenvalue weighted by Gasteiger charge is 2.17. The van der Waals surface area contributed by atoms with Crippen molar-refractivity contribution in [2.45, 2.75) is 51.2 Å². The summed E-state index contributed by atoms with van der Waals surface area (Å²) in [5.74, 6) is 0. The van der Waals surface area contributed by atoms with Crippen LogP contribution < -0.4 is 5.73 Å². The van der Waals surface area contributed by atoms with Crippen molar-refractivity contribution >= 4 is 0 Å². The highest BCUT2D eigenvalue weighted by molar-refractivity contribution is 5.25. The predicted molar refractivity (Wildman–Crippen MR) is 71.0 cm³/mol. The second kappa shape index (κ2) is 6.18. The van der Waals surface area contributed by atoms with Gasteiger partial charge >= 0.3 is 0 Å². The predicted octanol–water partition coefficient (Wildman–Crippen LogP) is 3.21. The largest absolute Gasteiger partial charge is 0.378 e. The Labute approximate surface area is 104 Å². The molecule has 1 fully saturated rings. The molecule has 0 radical (unpaired) electrons. The summed E-state index contributed by atoms with van der Waals surface area (Å²) in [6, 6.07) is 8.81. The van der Waals surface area contributed by atoms with Crippen LogP contribution in [0.2, 0.25) is 0 Å². The molecule has 1 aromatic carbocycles. The Hall–Kier alpha value is -0.860. The summed E-state index contributed by atoms with van der Waals surface area (Å²) >= 11 is 0. The third-order valence-corrected chi connectivity index (χ3v) is 3.61. The number of rotatable bonds is 5. The van der Waals surface area contributed by atoms with Gasteiger partial charge in [-0.2, -0.15) is 0 Å². The molecule has 0 aromatic heterocycles. The Morgan fingerprint density at radius 3 is 3.06 bits per heavy atom. The zero-order valence-corrected chi connectivity index (χ0v) is 10.7. The summed E-state index contributed by atoms with van der Waals surface area (Å²) in [7, 11) is 0. The molecule has 2 atom stereocenters. The molecule has 2 rings (SSSR count). The van der Waals surface area contributed by atoms with Crippen LogP contribution in [-0.2, 0) is 11.2 Å². The van der Waals surface area contributed by atoms with Gasteiger partial charge in [0.2, 0.25) is 0 Å². The van der Waals surface area contributed by atoms with Crippen LogP contribution in [0.5, 0.6) is 0 Å². The van der Waals surface area contributed by atoms with E-state index < -0.39 is 0 Å². The Kier molecular flexibility index (Phi) is 4.57. The van der Waals surface area contributed by atoms with E-state index in [2.05, 4.69) is 31.2 Å². The van der Waals surface area contributed by atoms with Crippen molar-refractivity contribution in [2.75, 3.05) is 6.61 Å². The number of hydrogen-bond acceptors (Lipinski definition) is 2. The molecule has 2 nitrogen and oxygen atoms in total. The van der Waals surface area contributed by atoms with Crippen molar-refractivity contribution < 1.29 is 4.74 Å². The standard InChI is InChI=1S/C15H23NO/c1-2-12-5-3-6-13(11-12)15(16)9-8-14-7-4-10-17-14/h3,5-6,11,14-15H,2,4,7-10,16H2,1H3. The Morgan fingerprint density at radius 1 is 1.47 bits per heavy atom. The fraction of sp³-hybridized carbons (Fsp3) is 0.600. The second-order valence-electron chi connectivity index (χ2n) is 4.92. The van der Waals surface area contributed by atoms with E-state index in [4.69, 9.17) is 10.5 Å². The maximum absolute atomic E-state index is 6.24. The molecule has 1 aliphatic heterocycles. The fourth-order valence-corrected chi connectivity index (χ4v) is 2.45. The molecule has 1 heterocycles. The first-order chi connectivity index (χ1) is 8.29. The van der Waals surface area contributed by atoms with E-state index in [0.717, 1.165) is 25.9 Å². The lowest BCUT2D eigenvalue weighted by Gasteiger charge is -2.15. The average Bonchev–Trinajstić information content (AvgIpc) is 2.89. The van der Waals surface area contributed by atoms with Gasteiger partial charge in [-0.25, -0.2) is 0 Å². The van der Waals surface area contributed by atoms with Crippen molar-refractivity contribution in [3.05, 3.63) is 35.4 Å². The van der Waals surface area contributed by atoms with Crippen molar-refractivity contribution in [1.82, 2.24) is 0 Å². The van der Waals surface area contributed by atoms with E-state index in [1.807, 2.05) is 0 Å². The molecule has 2 unspecified atom stereocenters. The lowest BCUT2D eigenvalue weighted by atomic mass is 9.98. The number of hydrogen-bond donors (Lipinski definition) is 1. The zero-order chi connectivity index (χ0) is 12.1. The van der Waals surface area contributed by atoms with E-state index >= 15 is 0 Å². The van der Waals surface area contributed by atoms with Crippen LogP contribution in [-0.4, -0.2) is 12.7 Å². The van der Waals surface area contributed by atoms with Crippen molar-refractivity contribution in [3.8, 4) is 0 Å². The molecule has 0 saturated carbocycles. The van der Waals surface area contributed by atoms with E-state index in [0.29, 0.717) is 6.10 Å². The Morgan fingerprint density at radius 2 is 2.35 bits per heavy atom. The quantitative estimate of drug-likeness (QED) is 0.847. The van der Waals surface area contributed by atoms with Gasteiger partial charge in [-0.15, -0.1) is 0 Å². The summed E-state index contributed by atoms with van der Waals surface area (Å²) in [6.45, 7) is 3.11. The Bertz CT molecular complexity index is 345. The number of nitrogens with two attached hydrogens (primary N) is 1. The molecular weight excluding hydrogens is 210 g/mol. The molecule has 2 N–H and O–H groups in total. The normalized spacial score (nSPS) is 21.6. The summed E-state index contributed by atoms with van der Waals surface area (Å²) < 4.78 is 5.63. The number of ether oxygens (including phenoxy) is 1. The van der Waals surface area contributed by atoms with Crippen molar-refractivity contribution in [2.24, 2.45) is 5.73 Å². The van der Waals surface area contributed by atoms with Gasteiger partial charge in [0.05, 0.1) is 6.10 Å². The molecule has 94 valence electrons. The summed E-state index contributed by atoms with van der Waals surface area (Å²) in [5, 5.41) is 0. The van der Waals surface area contributed by atoms with Gasteiger partial charge < -0.3 is 10.5 Å². The van der Waals surface area contributed by atoms with Crippen LogP contribution in [0, 0.1) is 0 Å². The third kappa shape index (κ3) is 3.55. The van der Waals surface area contributed by atoms with E-state index in [1.54, 1.807) is 0 Å². The van der Waals surface area contributed by atoms with Crippen LogP contribution >= 0.6 is 0 Å². The van der Waals surface area contributed by atoms with Gasteiger partial charge in [0.15, 0.2) is 0 Å². The van der Waals surface area contributed by atoms with Crippen molar-refractivity contribution in [1.29, 1.82) is 0 Å². The van der Waals surface area contributed by atoms with Crippen LogP contribution in [0.15, 0.2) is 24.3 Å². The van der Waals surface area contributed by atoms with E-state index in [9.17, 15) is 0 Å². The van der Waals surface area contributed by atoms with E-state index in [-0.39, 0.29) is 6.04 Å². The third-order valence-electron chi connectivity index (χ3n) is 3.61. The minimum absolute atomic E-state index is 0.158. The van der Waals surface area contributed by atoms with Crippen LogP contribution in [0.1, 0.15) is 49.8 Å². The van der Waals surface area contributed by atoms with E-state index in [1.165, 1.54) is 24.0 Å². The lowest BCUT2D eigenvalue weighted by Crippen LogP contribution is -2.14. The molecule has 0 aliphatic carbocycles. The lowest BCUT2D eigenvalue weighted by molar-refractivity contribution is 0.101. The average molecular weight is 233 g/mol. The molecule has 2 heteroatoms. The second-order valence-corrected chi connectivity index (χ2v) is 4.92. The molecule has 0 amide bonds. The first kappa shape index (κ1) is 12.6. The fourth-order valence-electron chi connectivity index (χ4n) is 2.45. The van der Waals surface area contributed by atoms with Gasteiger partial charge in [0, 0.05) is 12.6 Å². The maximum atomic E-state index is 6.24. The van der Waals surface area contributed by atoms with Crippen LogP contribution in [0.3, 0.4) is 0 Å². The number of aryl methyl sites for hydroxylation is 1. The maximum Gasteiger partial charge on any atom is 0.0576 e. The van der Waals surface area contributed by atoms with Gasteiger partial charge in [-0.1, -0.05) is 31.2 Å². The van der Waals surface area contributed by atoms with Crippen LogP contribution in [0.25, 0.3) is 0 Å². The van der Waals surface area contributed by atoms with Gasteiger partial charge in [-0.3, -0.25) is 0 Å². The van der Waals surface area contributed by atoms with Gasteiger partial charge in [0.25, 0.3) is 0 Å².